The number of fused-ring (bicyclic) bond motifs is 1. The van der Waals surface area contributed by atoms with E-state index in [1.807, 2.05) is 55.5 Å². The molecule has 35 heavy (non-hydrogen) atoms. The average Bonchev–Trinajstić information content (AvgIpc) is 2.83. The van der Waals surface area contributed by atoms with Crippen LogP contribution in [0.2, 0.25) is 0 Å². The Bertz CT molecular complexity index is 1150. The van der Waals surface area contributed by atoms with Crippen LogP contribution in [0.15, 0.2) is 64.8 Å². The summed E-state index contributed by atoms with van der Waals surface area (Å²) >= 11 is 1.74. The molecule has 0 bridgehead atoms. The van der Waals surface area contributed by atoms with Crippen LogP contribution in [0.5, 0.6) is 0 Å². The molecule has 2 aromatic rings. The lowest BCUT2D eigenvalue weighted by Gasteiger charge is -2.41. The zero-order valence-corrected chi connectivity index (χ0v) is 21.8. The molecule has 7 nitrogen and oxygen atoms in total. The quantitative estimate of drug-likeness (QED) is 0.565. The normalized spacial score (nSPS) is 17.6. The Hall–Kier alpha value is -3.26. The number of amides is 3. The molecule has 2 aliphatic rings. The predicted octanol–water partition coefficient (Wildman–Crippen LogP) is 5.67. The Morgan fingerprint density at radius 1 is 1.03 bits per heavy atom. The summed E-state index contributed by atoms with van der Waals surface area (Å²) in [6, 6.07) is 15.1. The third kappa shape index (κ3) is 5.53. The fourth-order valence-electron chi connectivity index (χ4n) is 4.32. The molecule has 2 heterocycles. The molecule has 4 rings (SSSR count). The van der Waals surface area contributed by atoms with Gasteiger partial charge in [0.25, 0.3) is 5.91 Å². The Labute approximate surface area is 211 Å². The van der Waals surface area contributed by atoms with E-state index in [0.29, 0.717) is 17.2 Å². The van der Waals surface area contributed by atoms with Crippen LogP contribution in [-0.4, -0.2) is 53.3 Å². The van der Waals surface area contributed by atoms with Crippen molar-refractivity contribution >= 4 is 40.2 Å². The van der Waals surface area contributed by atoms with Crippen molar-refractivity contribution in [2.45, 2.75) is 39.2 Å². The number of likely N-dealkylation sites (N-methyl/N-ethyl adjacent to an activating group) is 1. The molecule has 0 saturated carbocycles. The Morgan fingerprint density at radius 2 is 1.63 bits per heavy atom. The molecule has 2 aliphatic heterocycles. The summed E-state index contributed by atoms with van der Waals surface area (Å²) in [6.07, 6.45) is 1.04. The summed E-state index contributed by atoms with van der Waals surface area (Å²) < 4.78 is 0. The second-order valence-electron chi connectivity index (χ2n) is 9.37. The van der Waals surface area contributed by atoms with Gasteiger partial charge in [-0.25, -0.2) is 9.79 Å². The SMILES string of the molecule is CC1=C(C(=O)N(C)C)C(c2ccc(NC(=O)Nc3ccc(C(C)C)cc3)cc2)N2CCCSC2=N1. The molecular weight excluding hydrogens is 458 g/mol. The largest absolute Gasteiger partial charge is 0.345 e. The molecule has 2 aromatic carbocycles. The maximum absolute atomic E-state index is 13.1. The Morgan fingerprint density at radius 3 is 2.20 bits per heavy atom. The minimum atomic E-state index is -0.297. The number of amidine groups is 1. The third-order valence-corrected chi connectivity index (χ3v) is 7.29. The van der Waals surface area contributed by atoms with Gasteiger partial charge in [0, 0.05) is 37.8 Å². The summed E-state index contributed by atoms with van der Waals surface area (Å²) in [5.41, 5.74) is 5.12. The fraction of sp³-hybridized carbons (Fsp3) is 0.370. The highest BCUT2D eigenvalue weighted by Crippen LogP contribution is 2.40. The van der Waals surface area contributed by atoms with Gasteiger partial charge in [-0.3, -0.25) is 4.79 Å². The lowest BCUT2D eigenvalue weighted by atomic mass is 9.93. The van der Waals surface area contributed by atoms with E-state index in [9.17, 15) is 9.59 Å². The minimum absolute atomic E-state index is 0.0315. The number of nitrogens with zero attached hydrogens (tertiary/aromatic N) is 3. The molecule has 1 saturated heterocycles. The number of rotatable bonds is 5. The molecule has 1 fully saturated rings. The fourth-order valence-corrected chi connectivity index (χ4v) is 5.34. The van der Waals surface area contributed by atoms with Gasteiger partial charge in [-0.1, -0.05) is 49.9 Å². The molecule has 3 amide bonds. The van der Waals surface area contributed by atoms with E-state index in [0.717, 1.165) is 40.8 Å². The maximum Gasteiger partial charge on any atom is 0.323 e. The van der Waals surface area contributed by atoms with Crippen molar-refractivity contribution in [3.8, 4) is 0 Å². The molecule has 184 valence electrons. The second kappa shape index (κ2) is 10.6. The monoisotopic (exact) mass is 491 g/mol. The van der Waals surface area contributed by atoms with Gasteiger partial charge in [0.1, 0.15) is 0 Å². The summed E-state index contributed by atoms with van der Waals surface area (Å²) in [6.45, 7) is 7.05. The van der Waals surface area contributed by atoms with E-state index < -0.39 is 0 Å². The summed E-state index contributed by atoms with van der Waals surface area (Å²) in [5, 5.41) is 6.75. The molecule has 1 atom stereocenters. The minimum Gasteiger partial charge on any atom is -0.345 e. The molecule has 0 aliphatic carbocycles. The maximum atomic E-state index is 13.1. The highest BCUT2D eigenvalue weighted by Gasteiger charge is 2.37. The van der Waals surface area contributed by atoms with Gasteiger partial charge < -0.3 is 20.4 Å². The molecule has 1 unspecified atom stereocenters. The molecular formula is C27H33N5O2S. The van der Waals surface area contributed by atoms with Crippen LogP contribution in [0.4, 0.5) is 16.2 Å². The van der Waals surface area contributed by atoms with Gasteiger partial charge in [-0.05, 0) is 54.7 Å². The van der Waals surface area contributed by atoms with Crippen LogP contribution >= 0.6 is 11.8 Å². The first-order chi connectivity index (χ1) is 16.7. The summed E-state index contributed by atoms with van der Waals surface area (Å²) in [7, 11) is 3.54. The highest BCUT2D eigenvalue weighted by atomic mass is 32.2. The number of aliphatic imine (C=N–C) groups is 1. The number of hydrogen-bond acceptors (Lipinski definition) is 5. The number of allylic oxidation sites excluding steroid dienone is 1. The second-order valence-corrected chi connectivity index (χ2v) is 10.4. The molecule has 8 heteroatoms. The lowest BCUT2D eigenvalue weighted by molar-refractivity contribution is -0.125. The number of carbonyl (C=O) groups excluding carboxylic acids is 2. The van der Waals surface area contributed by atoms with Crippen LogP contribution in [0.25, 0.3) is 0 Å². The predicted molar refractivity (Wildman–Crippen MR) is 145 cm³/mol. The van der Waals surface area contributed by atoms with Gasteiger partial charge in [0.05, 0.1) is 17.3 Å². The Balaban J connectivity index is 1.51. The number of urea groups is 1. The van der Waals surface area contributed by atoms with Crippen LogP contribution in [0.1, 0.15) is 50.3 Å². The van der Waals surface area contributed by atoms with Crippen molar-refractivity contribution < 1.29 is 9.59 Å². The van der Waals surface area contributed by atoms with Crippen LogP contribution in [-0.2, 0) is 4.79 Å². The van der Waals surface area contributed by atoms with Gasteiger partial charge in [-0.2, -0.15) is 0 Å². The Kier molecular flexibility index (Phi) is 7.50. The van der Waals surface area contributed by atoms with E-state index in [1.54, 1.807) is 30.8 Å². The van der Waals surface area contributed by atoms with Crippen molar-refractivity contribution in [3.63, 3.8) is 0 Å². The number of anilines is 2. The zero-order chi connectivity index (χ0) is 25.1. The van der Waals surface area contributed by atoms with Crippen molar-refractivity contribution in [2.75, 3.05) is 37.0 Å². The summed E-state index contributed by atoms with van der Waals surface area (Å²) in [5.74, 6) is 1.44. The van der Waals surface area contributed by atoms with E-state index in [2.05, 4.69) is 29.4 Å². The summed E-state index contributed by atoms with van der Waals surface area (Å²) in [4.78, 5) is 34.2. The number of hydrogen-bond donors (Lipinski definition) is 2. The number of nitrogens with one attached hydrogen (secondary N) is 2. The standard InChI is InChI=1S/C27H33N5O2S/c1-17(2)19-7-11-21(12-8-19)29-26(34)30-22-13-9-20(10-14-22)24-23(25(33)31(4)5)18(3)28-27-32(24)15-6-16-35-27/h7-14,17,24H,6,15-16H2,1-5H3,(H2,29,30,34). The van der Waals surface area contributed by atoms with Crippen LogP contribution < -0.4 is 10.6 Å². The first kappa shape index (κ1) is 24.9. The first-order valence-corrected chi connectivity index (χ1v) is 12.9. The highest BCUT2D eigenvalue weighted by molar-refractivity contribution is 8.13. The van der Waals surface area contributed by atoms with Gasteiger partial charge in [0.2, 0.25) is 0 Å². The average molecular weight is 492 g/mol. The van der Waals surface area contributed by atoms with Crippen molar-refractivity contribution in [1.82, 2.24) is 9.80 Å². The first-order valence-electron chi connectivity index (χ1n) is 11.9. The number of thioether (sulfide) groups is 1. The molecule has 0 aromatic heterocycles. The van der Waals surface area contributed by atoms with E-state index in [1.165, 1.54) is 5.56 Å². The third-order valence-electron chi connectivity index (χ3n) is 6.21. The lowest BCUT2D eigenvalue weighted by Crippen LogP contribution is -2.43. The smallest absolute Gasteiger partial charge is 0.323 e. The van der Waals surface area contributed by atoms with Crippen LogP contribution in [0.3, 0.4) is 0 Å². The van der Waals surface area contributed by atoms with Crippen molar-refractivity contribution in [2.24, 2.45) is 4.99 Å². The molecule has 2 N–H and O–H groups in total. The topological polar surface area (TPSA) is 77.0 Å². The van der Waals surface area contributed by atoms with Crippen LogP contribution in [0, 0.1) is 0 Å². The zero-order valence-electron chi connectivity index (χ0n) is 21.0. The van der Waals surface area contributed by atoms with Gasteiger partial charge in [0.15, 0.2) is 5.17 Å². The van der Waals surface area contributed by atoms with E-state index >= 15 is 0 Å². The van der Waals surface area contributed by atoms with Gasteiger partial charge >= 0.3 is 6.03 Å². The van der Waals surface area contributed by atoms with Crippen molar-refractivity contribution in [3.05, 3.63) is 70.9 Å². The number of benzene rings is 2. The van der Waals surface area contributed by atoms with Crippen molar-refractivity contribution in [1.29, 1.82) is 0 Å². The molecule has 0 radical (unpaired) electrons. The van der Waals surface area contributed by atoms with E-state index in [-0.39, 0.29) is 18.0 Å². The van der Waals surface area contributed by atoms with Gasteiger partial charge in [-0.15, -0.1) is 0 Å². The van der Waals surface area contributed by atoms with E-state index in [4.69, 9.17) is 4.99 Å². The number of carbonyl (C=O) groups is 2. The molecule has 0 spiro atoms.